The Kier molecular flexibility index (Phi) is 4.32. The fourth-order valence-electron chi connectivity index (χ4n) is 1.97. The van der Waals surface area contributed by atoms with Crippen molar-refractivity contribution < 1.29 is 22.0 Å². The van der Waals surface area contributed by atoms with Crippen LogP contribution in [0.25, 0.3) is 11.5 Å². The maximum Gasteiger partial charge on any atom is 0.322 e. The fourth-order valence-corrected chi connectivity index (χ4v) is 2.91. The van der Waals surface area contributed by atoms with E-state index in [-0.39, 0.29) is 10.8 Å². The molecule has 128 valence electrons. The van der Waals surface area contributed by atoms with E-state index in [0.29, 0.717) is 5.56 Å². The second-order valence-electron chi connectivity index (χ2n) is 5.17. The Balaban J connectivity index is 1.80. The highest BCUT2D eigenvalue weighted by molar-refractivity contribution is 7.90. The van der Waals surface area contributed by atoms with Crippen LogP contribution in [0, 0.1) is 12.7 Å². The minimum atomic E-state index is -4.06. The van der Waals surface area contributed by atoms with Crippen molar-refractivity contribution in [3.63, 3.8) is 0 Å². The number of aryl methyl sites for hydroxylation is 1. The van der Waals surface area contributed by atoms with Gasteiger partial charge in [-0.25, -0.2) is 17.5 Å². The van der Waals surface area contributed by atoms with Crippen LogP contribution in [-0.4, -0.2) is 24.5 Å². The Morgan fingerprint density at radius 1 is 1.04 bits per heavy atom. The first-order valence-electron chi connectivity index (χ1n) is 7.08. The number of carbonyl (C=O) groups excluding carboxylic acids is 1. The normalized spacial score (nSPS) is 11.3. The molecule has 0 radical (unpaired) electrons. The number of sulfonamides is 1. The van der Waals surface area contributed by atoms with Gasteiger partial charge in [-0.2, -0.15) is 0 Å². The molecule has 7 nitrogen and oxygen atoms in total. The van der Waals surface area contributed by atoms with Gasteiger partial charge in [-0.15, -0.1) is 10.2 Å². The summed E-state index contributed by atoms with van der Waals surface area (Å²) in [5, 5.41) is 7.18. The van der Waals surface area contributed by atoms with Gasteiger partial charge in [0.15, 0.2) is 0 Å². The summed E-state index contributed by atoms with van der Waals surface area (Å²) in [6, 6.07) is 11.2. The van der Waals surface area contributed by atoms with Gasteiger partial charge >= 0.3 is 11.8 Å². The third-order valence-corrected chi connectivity index (χ3v) is 4.62. The molecule has 2 aromatic carbocycles. The standard InChI is InChI=1S/C16H12FN3O4S/c1-10-2-8-13(9-3-10)25(22,23)20-14(21)16-19-18-15(24-16)11-4-6-12(17)7-5-11/h2-9H,1H3,(H,20,21). The summed E-state index contributed by atoms with van der Waals surface area (Å²) < 4.78 is 44.3. The summed E-state index contributed by atoms with van der Waals surface area (Å²) in [4.78, 5) is 12.0. The van der Waals surface area contributed by atoms with E-state index in [1.165, 1.54) is 36.4 Å². The molecule has 0 spiro atoms. The Bertz CT molecular complexity index is 1010. The number of halogens is 1. The number of hydrogen-bond acceptors (Lipinski definition) is 6. The third kappa shape index (κ3) is 3.72. The van der Waals surface area contributed by atoms with Gasteiger partial charge < -0.3 is 4.42 Å². The molecule has 0 aliphatic rings. The number of nitrogens with zero attached hydrogens (tertiary/aromatic N) is 2. The van der Waals surface area contributed by atoms with Gasteiger partial charge in [-0.1, -0.05) is 17.7 Å². The van der Waals surface area contributed by atoms with E-state index in [9.17, 15) is 17.6 Å². The van der Waals surface area contributed by atoms with E-state index in [1.54, 1.807) is 12.1 Å². The van der Waals surface area contributed by atoms with Crippen LogP contribution in [0.5, 0.6) is 0 Å². The van der Waals surface area contributed by atoms with E-state index < -0.39 is 27.6 Å². The average Bonchev–Trinajstić information content (AvgIpc) is 3.06. The predicted molar refractivity (Wildman–Crippen MR) is 85.5 cm³/mol. The monoisotopic (exact) mass is 361 g/mol. The third-order valence-electron chi connectivity index (χ3n) is 3.27. The number of carbonyl (C=O) groups is 1. The van der Waals surface area contributed by atoms with Crippen LogP contribution in [0.2, 0.25) is 0 Å². The first-order valence-corrected chi connectivity index (χ1v) is 8.57. The molecular weight excluding hydrogens is 349 g/mol. The van der Waals surface area contributed by atoms with Crippen molar-refractivity contribution in [2.24, 2.45) is 0 Å². The first kappa shape index (κ1) is 16.8. The summed E-state index contributed by atoms with van der Waals surface area (Å²) >= 11 is 0. The number of hydrogen-bond donors (Lipinski definition) is 1. The van der Waals surface area contributed by atoms with Crippen molar-refractivity contribution in [3.8, 4) is 11.5 Å². The summed E-state index contributed by atoms with van der Waals surface area (Å²) in [7, 11) is -4.06. The molecule has 0 fully saturated rings. The molecule has 1 heterocycles. The molecule has 25 heavy (non-hydrogen) atoms. The molecule has 0 saturated carbocycles. The highest BCUT2D eigenvalue weighted by Gasteiger charge is 2.23. The molecule has 0 aliphatic carbocycles. The van der Waals surface area contributed by atoms with Gasteiger partial charge in [-0.3, -0.25) is 4.79 Å². The highest BCUT2D eigenvalue weighted by atomic mass is 32.2. The minimum Gasteiger partial charge on any atom is -0.412 e. The molecule has 1 aromatic heterocycles. The average molecular weight is 361 g/mol. The lowest BCUT2D eigenvalue weighted by atomic mass is 10.2. The first-order chi connectivity index (χ1) is 11.8. The van der Waals surface area contributed by atoms with Crippen LogP contribution >= 0.6 is 0 Å². The van der Waals surface area contributed by atoms with Crippen LogP contribution in [0.3, 0.4) is 0 Å². The van der Waals surface area contributed by atoms with Crippen molar-refractivity contribution in [1.29, 1.82) is 0 Å². The zero-order chi connectivity index (χ0) is 18.0. The predicted octanol–water partition coefficient (Wildman–Crippen LogP) is 2.30. The van der Waals surface area contributed by atoms with Crippen LogP contribution in [0.4, 0.5) is 4.39 Å². The van der Waals surface area contributed by atoms with Gasteiger partial charge in [0.25, 0.3) is 10.0 Å². The molecule has 1 N–H and O–H groups in total. The Labute approximate surface area is 142 Å². The van der Waals surface area contributed by atoms with Crippen molar-refractivity contribution in [2.45, 2.75) is 11.8 Å². The summed E-state index contributed by atoms with van der Waals surface area (Å²) in [6.07, 6.45) is 0. The molecule has 3 aromatic rings. The lowest BCUT2D eigenvalue weighted by molar-refractivity contribution is 0.0948. The number of amides is 1. The molecule has 3 rings (SSSR count). The SMILES string of the molecule is Cc1ccc(S(=O)(=O)NC(=O)c2nnc(-c3ccc(F)cc3)o2)cc1. The maximum atomic E-state index is 12.9. The van der Waals surface area contributed by atoms with E-state index in [2.05, 4.69) is 10.2 Å². The highest BCUT2D eigenvalue weighted by Crippen LogP contribution is 2.18. The van der Waals surface area contributed by atoms with Crippen LogP contribution in [0.15, 0.2) is 57.8 Å². The Morgan fingerprint density at radius 2 is 1.68 bits per heavy atom. The summed E-state index contributed by atoms with van der Waals surface area (Å²) in [5.41, 5.74) is 1.28. The van der Waals surface area contributed by atoms with E-state index in [4.69, 9.17) is 4.42 Å². The molecular formula is C16H12FN3O4S. The molecule has 9 heteroatoms. The van der Waals surface area contributed by atoms with Crippen LogP contribution in [-0.2, 0) is 10.0 Å². The molecule has 0 unspecified atom stereocenters. The molecule has 0 saturated heterocycles. The van der Waals surface area contributed by atoms with Crippen molar-refractivity contribution in [3.05, 3.63) is 65.8 Å². The quantitative estimate of drug-likeness (QED) is 0.765. The number of rotatable bonds is 4. The van der Waals surface area contributed by atoms with Gasteiger partial charge in [0, 0.05) is 5.56 Å². The molecule has 0 aliphatic heterocycles. The second kappa shape index (κ2) is 6.44. The zero-order valence-corrected chi connectivity index (χ0v) is 13.7. The van der Waals surface area contributed by atoms with Gasteiger partial charge in [0.1, 0.15) is 5.82 Å². The van der Waals surface area contributed by atoms with Crippen molar-refractivity contribution >= 4 is 15.9 Å². The summed E-state index contributed by atoms with van der Waals surface area (Å²) in [6.45, 7) is 1.81. The summed E-state index contributed by atoms with van der Waals surface area (Å²) in [5.74, 6) is -2.04. The Hall–Kier alpha value is -3.07. The number of aromatic nitrogens is 2. The molecule has 0 atom stereocenters. The lowest BCUT2D eigenvalue weighted by Gasteiger charge is -2.04. The van der Waals surface area contributed by atoms with E-state index in [0.717, 1.165) is 5.56 Å². The fraction of sp³-hybridized carbons (Fsp3) is 0.0625. The molecule has 1 amide bonds. The van der Waals surface area contributed by atoms with Crippen molar-refractivity contribution in [1.82, 2.24) is 14.9 Å². The van der Waals surface area contributed by atoms with Gasteiger partial charge in [0.2, 0.25) is 5.89 Å². The largest absolute Gasteiger partial charge is 0.412 e. The maximum absolute atomic E-state index is 12.9. The van der Waals surface area contributed by atoms with E-state index in [1.807, 2.05) is 11.6 Å². The van der Waals surface area contributed by atoms with Crippen LogP contribution < -0.4 is 4.72 Å². The minimum absolute atomic E-state index is 0.0297. The smallest absolute Gasteiger partial charge is 0.322 e. The molecule has 0 bridgehead atoms. The number of nitrogens with one attached hydrogen (secondary N) is 1. The van der Waals surface area contributed by atoms with Crippen molar-refractivity contribution in [2.75, 3.05) is 0 Å². The zero-order valence-electron chi connectivity index (χ0n) is 12.9. The van der Waals surface area contributed by atoms with E-state index >= 15 is 0 Å². The second-order valence-corrected chi connectivity index (χ2v) is 6.85. The lowest BCUT2D eigenvalue weighted by Crippen LogP contribution is -2.30. The van der Waals surface area contributed by atoms with Gasteiger partial charge in [0.05, 0.1) is 4.90 Å². The van der Waals surface area contributed by atoms with Crippen LogP contribution in [0.1, 0.15) is 16.2 Å². The number of benzene rings is 2. The van der Waals surface area contributed by atoms with Gasteiger partial charge in [-0.05, 0) is 43.3 Å². The Morgan fingerprint density at radius 3 is 2.32 bits per heavy atom. The topological polar surface area (TPSA) is 102 Å².